The smallest absolute Gasteiger partial charge is 0.253 e. The van der Waals surface area contributed by atoms with E-state index < -0.39 is 0 Å². The van der Waals surface area contributed by atoms with Gasteiger partial charge in [0.1, 0.15) is 0 Å². The van der Waals surface area contributed by atoms with Crippen molar-refractivity contribution in [1.29, 1.82) is 0 Å². The Morgan fingerprint density at radius 2 is 1.82 bits per heavy atom. The number of carbonyl (C=O) groups excluding carboxylic acids is 1. The second-order valence-electron chi connectivity index (χ2n) is 10.3. The van der Waals surface area contributed by atoms with Crippen molar-refractivity contribution in [3.63, 3.8) is 0 Å². The van der Waals surface area contributed by atoms with Crippen molar-refractivity contribution in [2.24, 2.45) is 5.92 Å². The predicted molar refractivity (Wildman–Crippen MR) is 138 cm³/mol. The van der Waals surface area contributed by atoms with Gasteiger partial charge in [0.05, 0.1) is 0 Å². The molecule has 182 valence electrons. The van der Waals surface area contributed by atoms with Gasteiger partial charge in [-0.05, 0) is 79.5 Å². The van der Waals surface area contributed by atoms with Crippen LogP contribution in [-0.2, 0) is 13.0 Å². The first-order valence-electron chi connectivity index (χ1n) is 12.9. The van der Waals surface area contributed by atoms with Gasteiger partial charge in [-0.15, -0.1) is 0 Å². The molecule has 0 aromatic heterocycles. The molecule has 3 aliphatic heterocycles. The number of likely N-dealkylation sites (tertiary alicyclic amines) is 1. The van der Waals surface area contributed by atoms with Gasteiger partial charge in [-0.3, -0.25) is 4.79 Å². The molecule has 34 heavy (non-hydrogen) atoms. The molecule has 2 aromatic carbocycles. The van der Waals surface area contributed by atoms with E-state index in [2.05, 4.69) is 52.5 Å². The number of aliphatic hydroxyl groups excluding tert-OH is 1. The third-order valence-electron chi connectivity index (χ3n) is 7.91. The van der Waals surface area contributed by atoms with E-state index in [9.17, 15) is 9.90 Å². The number of anilines is 2. The van der Waals surface area contributed by atoms with E-state index in [-0.39, 0.29) is 18.4 Å². The lowest BCUT2D eigenvalue weighted by Crippen LogP contribution is -2.42. The number of nitrogens with zero attached hydrogens (tertiary/aromatic N) is 3. The van der Waals surface area contributed by atoms with Crippen LogP contribution in [0.3, 0.4) is 0 Å². The maximum atomic E-state index is 12.9. The Hall–Kier alpha value is -2.57. The molecule has 0 radical (unpaired) electrons. The summed E-state index contributed by atoms with van der Waals surface area (Å²) in [5.41, 5.74) is 6.20. The third-order valence-corrected chi connectivity index (χ3v) is 7.91. The molecule has 6 nitrogen and oxygen atoms in total. The average Bonchev–Trinajstić information content (AvgIpc) is 3.27. The van der Waals surface area contributed by atoms with E-state index in [1.165, 1.54) is 22.5 Å². The van der Waals surface area contributed by atoms with Crippen LogP contribution in [0.2, 0.25) is 0 Å². The molecule has 1 amide bonds. The summed E-state index contributed by atoms with van der Waals surface area (Å²) < 4.78 is 0. The minimum absolute atomic E-state index is 0.0887. The normalized spacial score (nSPS) is 21.1. The first-order valence-corrected chi connectivity index (χ1v) is 12.9. The highest BCUT2D eigenvalue weighted by atomic mass is 16.3. The van der Waals surface area contributed by atoms with E-state index in [1.54, 1.807) is 0 Å². The molecule has 6 heteroatoms. The Kier molecular flexibility index (Phi) is 7.07. The van der Waals surface area contributed by atoms with E-state index in [4.69, 9.17) is 0 Å². The first-order chi connectivity index (χ1) is 16.6. The number of piperidine rings is 2. The fourth-order valence-electron chi connectivity index (χ4n) is 5.73. The second-order valence-corrected chi connectivity index (χ2v) is 10.3. The third kappa shape index (κ3) is 5.08. The number of carbonyl (C=O) groups is 1. The highest BCUT2D eigenvalue weighted by molar-refractivity contribution is 5.94. The first kappa shape index (κ1) is 23.2. The molecule has 2 aromatic rings. The number of amides is 1. The van der Waals surface area contributed by atoms with Gasteiger partial charge in [-0.25, -0.2) is 0 Å². The summed E-state index contributed by atoms with van der Waals surface area (Å²) in [5.74, 6) is 0.307. The zero-order valence-electron chi connectivity index (χ0n) is 20.4. The molecular formula is C28H38N4O2. The molecule has 0 spiro atoms. The number of likely N-dealkylation sites (N-methyl/N-ethyl adjacent to an activating group) is 1. The van der Waals surface area contributed by atoms with Crippen molar-refractivity contribution in [2.45, 2.75) is 44.7 Å². The number of hydrogen-bond donors (Lipinski definition) is 2. The molecule has 2 fully saturated rings. The molecule has 3 heterocycles. The van der Waals surface area contributed by atoms with Crippen LogP contribution in [0, 0.1) is 5.92 Å². The van der Waals surface area contributed by atoms with Gasteiger partial charge in [-0.1, -0.05) is 12.1 Å². The largest absolute Gasteiger partial charge is 0.396 e. The minimum Gasteiger partial charge on any atom is -0.396 e. The van der Waals surface area contributed by atoms with Crippen LogP contribution in [0.4, 0.5) is 11.4 Å². The average molecular weight is 463 g/mol. The Labute approximate surface area is 203 Å². The number of benzene rings is 2. The van der Waals surface area contributed by atoms with Gasteiger partial charge >= 0.3 is 0 Å². The van der Waals surface area contributed by atoms with Gasteiger partial charge in [0.25, 0.3) is 5.91 Å². The van der Waals surface area contributed by atoms with Crippen LogP contribution in [0.1, 0.15) is 47.2 Å². The zero-order chi connectivity index (χ0) is 23.5. The monoisotopic (exact) mass is 462 g/mol. The molecule has 3 aliphatic rings. The van der Waals surface area contributed by atoms with Gasteiger partial charge in [0.15, 0.2) is 0 Å². The molecule has 2 saturated heterocycles. The highest BCUT2D eigenvalue weighted by Gasteiger charge is 2.25. The van der Waals surface area contributed by atoms with E-state index >= 15 is 0 Å². The Balaban J connectivity index is 1.10. The molecule has 0 aliphatic carbocycles. The van der Waals surface area contributed by atoms with Crippen molar-refractivity contribution in [3.05, 3.63) is 59.2 Å². The summed E-state index contributed by atoms with van der Waals surface area (Å²) >= 11 is 0. The fraction of sp³-hybridized carbons (Fsp3) is 0.536. The van der Waals surface area contributed by atoms with Crippen LogP contribution < -0.4 is 15.1 Å². The van der Waals surface area contributed by atoms with Crippen LogP contribution in [-0.4, -0.2) is 68.3 Å². The Bertz CT molecular complexity index is 984. The maximum Gasteiger partial charge on any atom is 0.253 e. The molecule has 0 saturated carbocycles. The number of rotatable bonds is 6. The SMILES string of the molecule is CN1CCc2cc(CNC3CCN(c4ccc(C(=O)N5CCCC(CO)C5)cc4)CC3)ccc21. The van der Waals surface area contributed by atoms with Gasteiger partial charge in [0.2, 0.25) is 0 Å². The summed E-state index contributed by atoms with van der Waals surface area (Å²) in [4.78, 5) is 19.5. The zero-order valence-corrected chi connectivity index (χ0v) is 20.4. The van der Waals surface area contributed by atoms with Crippen LogP contribution in [0.25, 0.3) is 0 Å². The van der Waals surface area contributed by atoms with Gasteiger partial charge in [-0.2, -0.15) is 0 Å². The number of aliphatic hydroxyl groups is 1. The van der Waals surface area contributed by atoms with Crippen molar-refractivity contribution in [3.8, 4) is 0 Å². The van der Waals surface area contributed by atoms with Crippen molar-refractivity contribution < 1.29 is 9.90 Å². The summed E-state index contributed by atoms with van der Waals surface area (Å²) in [6.45, 7) is 5.75. The van der Waals surface area contributed by atoms with Crippen molar-refractivity contribution >= 4 is 17.3 Å². The number of hydrogen-bond acceptors (Lipinski definition) is 5. The molecule has 0 bridgehead atoms. The lowest BCUT2D eigenvalue weighted by molar-refractivity contribution is 0.0620. The lowest BCUT2D eigenvalue weighted by atomic mass is 9.98. The van der Waals surface area contributed by atoms with Crippen LogP contribution >= 0.6 is 0 Å². The second kappa shape index (κ2) is 10.4. The quantitative estimate of drug-likeness (QED) is 0.690. The molecule has 2 N–H and O–H groups in total. The Morgan fingerprint density at radius 3 is 2.59 bits per heavy atom. The molecule has 1 atom stereocenters. The summed E-state index contributed by atoms with van der Waals surface area (Å²) in [7, 11) is 2.17. The fourth-order valence-corrected chi connectivity index (χ4v) is 5.73. The number of nitrogens with one attached hydrogen (secondary N) is 1. The topological polar surface area (TPSA) is 59.0 Å². The van der Waals surface area contributed by atoms with E-state index in [1.807, 2.05) is 17.0 Å². The lowest BCUT2D eigenvalue weighted by Gasteiger charge is -2.34. The maximum absolute atomic E-state index is 12.9. The number of fused-ring (bicyclic) bond motifs is 1. The minimum atomic E-state index is 0.0887. The van der Waals surface area contributed by atoms with Crippen molar-refractivity contribution in [1.82, 2.24) is 10.2 Å². The van der Waals surface area contributed by atoms with Gasteiger partial charge < -0.3 is 25.1 Å². The standard InChI is InChI=1S/C28H38N4O2/c1-30-14-10-24-17-21(4-9-27(24)30)18-29-25-11-15-31(16-12-25)26-7-5-23(6-8-26)28(34)32-13-2-3-22(19-32)20-33/h4-9,17,22,25,29,33H,2-3,10-16,18-20H2,1H3. The van der Waals surface area contributed by atoms with E-state index in [0.717, 1.165) is 70.4 Å². The van der Waals surface area contributed by atoms with Crippen LogP contribution in [0.5, 0.6) is 0 Å². The van der Waals surface area contributed by atoms with Crippen molar-refractivity contribution in [2.75, 3.05) is 56.2 Å². The predicted octanol–water partition coefficient (Wildman–Crippen LogP) is 3.28. The molecular weight excluding hydrogens is 424 g/mol. The summed E-state index contributed by atoms with van der Waals surface area (Å²) in [6, 6.07) is 15.6. The summed E-state index contributed by atoms with van der Waals surface area (Å²) in [6.07, 6.45) is 5.40. The van der Waals surface area contributed by atoms with E-state index in [0.29, 0.717) is 12.6 Å². The molecule has 1 unspecified atom stereocenters. The molecule has 5 rings (SSSR count). The summed E-state index contributed by atoms with van der Waals surface area (Å²) in [5, 5.41) is 13.2. The van der Waals surface area contributed by atoms with Gasteiger partial charge in [0, 0.05) is 75.9 Å². The van der Waals surface area contributed by atoms with Crippen LogP contribution in [0.15, 0.2) is 42.5 Å². The Morgan fingerprint density at radius 1 is 1.03 bits per heavy atom. The highest BCUT2D eigenvalue weighted by Crippen LogP contribution is 2.28.